The average Bonchev–Trinajstić information content (AvgIpc) is 2.73. The number of fused-ring (bicyclic) bond motifs is 1. The van der Waals surface area contributed by atoms with Crippen LogP contribution >= 0.6 is 0 Å². The molecular weight excluding hydrogens is 371 g/mol. The van der Waals surface area contributed by atoms with Crippen LogP contribution in [0, 0.1) is 5.82 Å². The molecule has 5 nitrogen and oxygen atoms in total. The standard InChI is InChI=1S/C21H22FNO2.C2H5NO/c22-17-10-8-16(9-11-17)20-18-6-2-1-5-15(18)12-13-23(20)21(24)19-7-3-4-14-25-19;1-2(3)4/h1-2,5-6,8-11,19-20H,3-4,7,12-14H2;1H3,(H2,3,4)/t19-,20+;/m1./s1. The van der Waals surface area contributed by atoms with Crippen LogP contribution < -0.4 is 5.73 Å². The number of ether oxygens (including phenoxy) is 1. The molecule has 6 heteroatoms. The molecule has 2 atom stereocenters. The van der Waals surface area contributed by atoms with Gasteiger partial charge < -0.3 is 15.4 Å². The number of hydrogen-bond donors (Lipinski definition) is 1. The lowest BCUT2D eigenvalue weighted by Crippen LogP contribution is -2.47. The number of primary amides is 1. The third-order valence-electron chi connectivity index (χ3n) is 5.21. The molecule has 2 aliphatic rings. The summed E-state index contributed by atoms with van der Waals surface area (Å²) in [5.74, 6) is -0.537. The van der Waals surface area contributed by atoms with Gasteiger partial charge in [-0.1, -0.05) is 36.4 Å². The van der Waals surface area contributed by atoms with Crippen molar-refractivity contribution in [3.63, 3.8) is 0 Å². The van der Waals surface area contributed by atoms with Crippen molar-refractivity contribution in [3.8, 4) is 0 Å². The lowest BCUT2D eigenvalue weighted by molar-refractivity contribution is -0.148. The molecule has 2 amide bonds. The maximum atomic E-state index is 13.4. The van der Waals surface area contributed by atoms with Gasteiger partial charge in [0.05, 0.1) is 6.04 Å². The van der Waals surface area contributed by atoms with Crippen molar-refractivity contribution in [2.24, 2.45) is 5.73 Å². The molecule has 0 radical (unpaired) electrons. The fraction of sp³-hybridized carbons (Fsp3) is 0.391. The summed E-state index contributed by atoms with van der Waals surface area (Å²) >= 11 is 0. The molecule has 29 heavy (non-hydrogen) atoms. The minimum Gasteiger partial charge on any atom is -0.370 e. The smallest absolute Gasteiger partial charge is 0.252 e. The van der Waals surface area contributed by atoms with E-state index in [2.05, 4.69) is 17.9 Å². The van der Waals surface area contributed by atoms with E-state index in [1.165, 1.54) is 24.6 Å². The van der Waals surface area contributed by atoms with Crippen LogP contribution in [0.2, 0.25) is 0 Å². The summed E-state index contributed by atoms with van der Waals surface area (Å²) < 4.78 is 19.1. The van der Waals surface area contributed by atoms with Gasteiger partial charge in [-0.05, 0) is 54.5 Å². The Hall–Kier alpha value is -2.73. The first kappa shape index (κ1) is 21.0. The van der Waals surface area contributed by atoms with E-state index in [0.29, 0.717) is 13.2 Å². The molecule has 2 aliphatic heterocycles. The van der Waals surface area contributed by atoms with E-state index < -0.39 is 0 Å². The summed E-state index contributed by atoms with van der Waals surface area (Å²) in [6.07, 6.45) is 3.33. The van der Waals surface area contributed by atoms with Gasteiger partial charge in [-0.25, -0.2) is 4.39 Å². The Bertz CT molecular complexity index is 843. The number of halogens is 1. The van der Waals surface area contributed by atoms with E-state index in [0.717, 1.165) is 36.8 Å². The quantitative estimate of drug-likeness (QED) is 0.843. The fourth-order valence-electron chi connectivity index (χ4n) is 3.93. The number of nitrogens with two attached hydrogens (primary N) is 1. The molecule has 2 aromatic carbocycles. The second kappa shape index (κ2) is 9.65. The first-order valence-corrected chi connectivity index (χ1v) is 9.98. The number of rotatable bonds is 2. The largest absolute Gasteiger partial charge is 0.370 e. The van der Waals surface area contributed by atoms with Crippen molar-refractivity contribution < 1.29 is 18.7 Å². The third-order valence-corrected chi connectivity index (χ3v) is 5.21. The SMILES string of the molecule is CC(N)=O.O=C([C@H]1CCCCO1)N1CCc2ccccc2[C@@H]1c1ccc(F)cc1. The highest BCUT2D eigenvalue weighted by molar-refractivity contribution is 5.82. The number of carbonyl (C=O) groups excluding carboxylic acids is 2. The number of amides is 2. The summed E-state index contributed by atoms with van der Waals surface area (Å²) in [4.78, 5) is 24.3. The van der Waals surface area contributed by atoms with Crippen molar-refractivity contribution >= 4 is 11.8 Å². The van der Waals surface area contributed by atoms with Gasteiger partial charge in [0.25, 0.3) is 5.91 Å². The molecule has 154 valence electrons. The maximum absolute atomic E-state index is 13.4. The summed E-state index contributed by atoms with van der Waals surface area (Å²) in [5, 5.41) is 0. The zero-order chi connectivity index (χ0) is 20.8. The molecule has 2 aromatic rings. The molecule has 0 unspecified atom stereocenters. The highest BCUT2D eigenvalue weighted by Gasteiger charge is 2.36. The van der Waals surface area contributed by atoms with Crippen molar-refractivity contribution in [2.75, 3.05) is 13.2 Å². The summed E-state index contributed by atoms with van der Waals surface area (Å²) in [6, 6.07) is 14.5. The average molecular weight is 398 g/mol. The van der Waals surface area contributed by atoms with Gasteiger partial charge in [0.1, 0.15) is 11.9 Å². The highest BCUT2D eigenvalue weighted by atomic mass is 19.1. The fourth-order valence-corrected chi connectivity index (χ4v) is 3.93. The van der Waals surface area contributed by atoms with Gasteiger partial charge in [-0.3, -0.25) is 9.59 Å². The molecule has 0 aromatic heterocycles. The molecule has 1 saturated heterocycles. The van der Waals surface area contributed by atoms with Gasteiger partial charge in [-0.15, -0.1) is 0 Å². The third kappa shape index (κ3) is 5.21. The Morgan fingerprint density at radius 1 is 1.10 bits per heavy atom. The topological polar surface area (TPSA) is 72.6 Å². The van der Waals surface area contributed by atoms with E-state index in [-0.39, 0.29) is 29.8 Å². The van der Waals surface area contributed by atoms with Crippen LogP contribution in [-0.2, 0) is 20.7 Å². The van der Waals surface area contributed by atoms with Gasteiger partial charge in [0.2, 0.25) is 5.91 Å². The minimum absolute atomic E-state index is 0.0588. The Morgan fingerprint density at radius 2 is 1.79 bits per heavy atom. The van der Waals surface area contributed by atoms with E-state index in [9.17, 15) is 14.0 Å². The molecule has 1 fully saturated rings. The van der Waals surface area contributed by atoms with Gasteiger partial charge in [0.15, 0.2) is 0 Å². The number of benzene rings is 2. The lowest BCUT2D eigenvalue weighted by atomic mass is 9.87. The van der Waals surface area contributed by atoms with E-state index >= 15 is 0 Å². The first-order valence-electron chi connectivity index (χ1n) is 9.98. The molecule has 2 N–H and O–H groups in total. The van der Waals surface area contributed by atoms with Gasteiger partial charge >= 0.3 is 0 Å². The summed E-state index contributed by atoms with van der Waals surface area (Å²) in [6.45, 7) is 2.62. The number of carbonyl (C=O) groups is 2. The zero-order valence-corrected chi connectivity index (χ0v) is 16.6. The second-order valence-corrected chi connectivity index (χ2v) is 7.40. The van der Waals surface area contributed by atoms with Crippen LogP contribution in [0.15, 0.2) is 48.5 Å². The predicted octanol–water partition coefficient (Wildman–Crippen LogP) is 3.36. The van der Waals surface area contributed by atoms with Crippen molar-refractivity contribution in [3.05, 3.63) is 71.0 Å². The van der Waals surface area contributed by atoms with Crippen molar-refractivity contribution in [1.82, 2.24) is 4.90 Å². The monoisotopic (exact) mass is 398 g/mol. The van der Waals surface area contributed by atoms with E-state index in [4.69, 9.17) is 4.74 Å². The van der Waals surface area contributed by atoms with Gasteiger partial charge in [0, 0.05) is 20.1 Å². The number of hydrogen-bond acceptors (Lipinski definition) is 3. The number of nitrogens with zero attached hydrogens (tertiary/aromatic N) is 1. The Labute approximate surface area is 170 Å². The van der Waals surface area contributed by atoms with Crippen LogP contribution in [0.4, 0.5) is 4.39 Å². The van der Waals surface area contributed by atoms with Crippen LogP contribution in [0.5, 0.6) is 0 Å². The minimum atomic E-state index is -0.345. The summed E-state index contributed by atoms with van der Waals surface area (Å²) in [7, 11) is 0. The molecule has 0 bridgehead atoms. The van der Waals surface area contributed by atoms with Crippen molar-refractivity contribution in [2.45, 2.75) is 44.8 Å². The van der Waals surface area contributed by atoms with Crippen LogP contribution in [0.3, 0.4) is 0 Å². The molecule has 4 rings (SSSR count). The first-order chi connectivity index (χ1) is 14.0. The maximum Gasteiger partial charge on any atom is 0.252 e. The second-order valence-electron chi connectivity index (χ2n) is 7.40. The van der Waals surface area contributed by atoms with E-state index in [1.54, 1.807) is 12.1 Å². The lowest BCUT2D eigenvalue weighted by Gasteiger charge is -2.40. The molecule has 0 spiro atoms. The van der Waals surface area contributed by atoms with Crippen LogP contribution in [0.25, 0.3) is 0 Å². The Kier molecular flexibility index (Phi) is 6.99. The molecule has 0 saturated carbocycles. The van der Waals surface area contributed by atoms with Crippen LogP contribution in [-0.4, -0.2) is 36.0 Å². The molecular formula is C23H27FN2O3. The van der Waals surface area contributed by atoms with Gasteiger partial charge in [-0.2, -0.15) is 0 Å². The summed E-state index contributed by atoms with van der Waals surface area (Å²) in [5.41, 5.74) is 7.80. The van der Waals surface area contributed by atoms with Crippen molar-refractivity contribution in [1.29, 1.82) is 0 Å². The Morgan fingerprint density at radius 3 is 2.45 bits per heavy atom. The van der Waals surface area contributed by atoms with E-state index in [1.807, 2.05) is 17.0 Å². The highest BCUT2D eigenvalue weighted by Crippen LogP contribution is 2.36. The zero-order valence-electron chi connectivity index (χ0n) is 16.6. The molecule has 0 aliphatic carbocycles. The predicted molar refractivity (Wildman–Crippen MR) is 109 cm³/mol. The normalized spacial score (nSPS) is 20.8. The molecule has 2 heterocycles. The Balaban J connectivity index is 0.000000552. The van der Waals surface area contributed by atoms with Crippen LogP contribution in [0.1, 0.15) is 48.9 Å².